The molecule has 1 aromatic heterocycles. The van der Waals surface area contributed by atoms with Gasteiger partial charge in [0.1, 0.15) is 0 Å². The smallest absolute Gasteiger partial charge is 0.335 e. The lowest BCUT2D eigenvalue weighted by Gasteiger charge is -2.03. The van der Waals surface area contributed by atoms with Crippen LogP contribution < -0.4 is 0 Å². The second kappa shape index (κ2) is 4.14. The van der Waals surface area contributed by atoms with Crippen LogP contribution in [0.15, 0.2) is 42.7 Å². The fourth-order valence-electron chi connectivity index (χ4n) is 1.54. The van der Waals surface area contributed by atoms with Crippen LogP contribution in [0.1, 0.15) is 15.9 Å². The van der Waals surface area contributed by atoms with E-state index in [1.165, 1.54) is 0 Å². The van der Waals surface area contributed by atoms with Crippen molar-refractivity contribution in [2.75, 3.05) is 0 Å². The van der Waals surface area contributed by atoms with Gasteiger partial charge in [-0.1, -0.05) is 12.1 Å². The second-order valence-corrected chi connectivity index (χ2v) is 3.64. The van der Waals surface area contributed by atoms with E-state index in [1.807, 2.05) is 19.1 Å². The van der Waals surface area contributed by atoms with Gasteiger partial charge in [0, 0.05) is 18.0 Å². The van der Waals surface area contributed by atoms with Crippen LogP contribution >= 0.6 is 0 Å². The van der Waals surface area contributed by atoms with E-state index < -0.39 is 5.97 Å². The van der Waals surface area contributed by atoms with Crippen LogP contribution in [0.2, 0.25) is 0 Å². The molecule has 0 amide bonds. The van der Waals surface area contributed by atoms with Gasteiger partial charge in [0.2, 0.25) is 0 Å². The van der Waals surface area contributed by atoms with E-state index >= 15 is 0 Å². The molecule has 0 saturated carbocycles. The summed E-state index contributed by atoms with van der Waals surface area (Å²) in [6.07, 6.45) is 3.50. The van der Waals surface area contributed by atoms with Crippen LogP contribution in [-0.2, 0) is 0 Å². The average molecular weight is 213 g/mol. The van der Waals surface area contributed by atoms with E-state index in [0.717, 1.165) is 16.7 Å². The van der Waals surface area contributed by atoms with Gasteiger partial charge in [-0.25, -0.2) is 4.79 Å². The number of carbonyl (C=O) groups is 1. The predicted octanol–water partition coefficient (Wildman–Crippen LogP) is 2.76. The summed E-state index contributed by atoms with van der Waals surface area (Å²) in [5, 5.41) is 8.90. The molecule has 1 N–H and O–H groups in total. The molecule has 0 aliphatic heterocycles. The van der Waals surface area contributed by atoms with Crippen molar-refractivity contribution in [2.24, 2.45) is 0 Å². The Hall–Kier alpha value is -2.16. The highest BCUT2D eigenvalue weighted by molar-refractivity contribution is 5.89. The van der Waals surface area contributed by atoms with Crippen LogP contribution in [0, 0.1) is 6.92 Å². The lowest BCUT2D eigenvalue weighted by molar-refractivity contribution is 0.0697. The Balaban J connectivity index is 2.48. The van der Waals surface area contributed by atoms with Crippen molar-refractivity contribution in [3.05, 3.63) is 53.9 Å². The fourth-order valence-corrected chi connectivity index (χ4v) is 1.54. The number of benzene rings is 1. The summed E-state index contributed by atoms with van der Waals surface area (Å²) in [6.45, 7) is 1.96. The third-order valence-corrected chi connectivity index (χ3v) is 2.32. The van der Waals surface area contributed by atoms with E-state index in [-0.39, 0.29) is 0 Å². The van der Waals surface area contributed by atoms with Crippen molar-refractivity contribution in [1.29, 1.82) is 0 Å². The predicted molar refractivity (Wildman–Crippen MR) is 61.4 cm³/mol. The number of pyridine rings is 1. The number of hydrogen-bond donors (Lipinski definition) is 1. The Morgan fingerprint density at radius 2 is 2.00 bits per heavy atom. The van der Waals surface area contributed by atoms with Gasteiger partial charge in [-0.15, -0.1) is 0 Å². The molecule has 0 fully saturated rings. The van der Waals surface area contributed by atoms with Crippen molar-refractivity contribution in [3.8, 4) is 11.1 Å². The molecule has 80 valence electrons. The Labute approximate surface area is 93.4 Å². The van der Waals surface area contributed by atoms with Crippen LogP contribution in [0.25, 0.3) is 11.1 Å². The first-order chi connectivity index (χ1) is 7.66. The minimum absolute atomic E-state index is 0.291. The topological polar surface area (TPSA) is 50.2 Å². The van der Waals surface area contributed by atoms with Gasteiger partial charge >= 0.3 is 5.97 Å². The summed E-state index contributed by atoms with van der Waals surface area (Å²) < 4.78 is 0. The molecule has 0 spiro atoms. The molecule has 1 heterocycles. The lowest BCUT2D eigenvalue weighted by atomic mass is 10.0. The summed E-state index contributed by atoms with van der Waals surface area (Å²) in [6, 6.07) is 8.83. The van der Waals surface area contributed by atoms with Crippen LogP contribution in [0.3, 0.4) is 0 Å². The maximum Gasteiger partial charge on any atom is 0.335 e. The zero-order valence-electron chi connectivity index (χ0n) is 8.84. The van der Waals surface area contributed by atoms with E-state index in [1.54, 1.807) is 30.6 Å². The molecule has 2 rings (SSSR count). The van der Waals surface area contributed by atoms with Gasteiger partial charge < -0.3 is 5.11 Å². The van der Waals surface area contributed by atoms with Crippen LogP contribution in [0.5, 0.6) is 0 Å². The van der Waals surface area contributed by atoms with E-state index in [9.17, 15) is 4.79 Å². The molecule has 0 unspecified atom stereocenters. The van der Waals surface area contributed by atoms with Gasteiger partial charge in [0.25, 0.3) is 0 Å². The molecular formula is C13H11NO2. The number of rotatable bonds is 2. The summed E-state index contributed by atoms with van der Waals surface area (Å²) in [7, 11) is 0. The molecule has 0 aliphatic rings. The van der Waals surface area contributed by atoms with Gasteiger partial charge in [-0.3, -0.25) is 4.98 Å². The molecule has 0 saturated heterocycles. The normalized spacial score (nSPS) is 10.1. The number of aryl methyl sites for hydroxylation is 1. The highest BCUT2D eigenvalue weighted by Crippen LogP contribution is 2.20. The molecule has 1 aromatic carbocycles. The number of aromatic nitrogens is 1. The quantitative estimate of drug-likeness (QED) is 0.834. The van der Waals surface area contributed by atoms with Gasteiger partial charge in [-0.05, 0) is 36.2 Å². The van der Waals surface area contributed by atoms with E-state index in [2.05, 4.69) is 4.98 Å². The minimum Gasteiger partial charge on any atom is -0.478 e. The maximum absolute atomic E-state index is 10.8. The van der Waals surface area contributed by atoms with Gasteiger partial charge in [0.15, 0.2) is 0 Å². The Morgan fingerprint density at radius 1 is 1.19 bits per heavy atom. The molecule has 0 aliphatic carbocycles. The lowest BCUT2D eigenvalue weighted by Crippen LogP contribution is -1.95. The average Bonchev–Trinajstić information content (AvgIpc) is 2.29. The SMILES string of the molecule is Cc1cncc(-c2cccc(C(=O)O)c2)c1. The first-order valence-electron chi connectivity index (χ1n) is 4.92. The standard InChI is InChI=1S/C13H11NO2/c1-9-5-12(8-14-7-9)10-3-2-4-11(6-10)13(15)16/h2-8H,1H3,(H,15,16). The largest absolute Gasteiger partial charge is 0.478 e. The third kappa shape index (κ3) is 2.08. The number of hydrogen-bond acceptors (Lipinski definition) is 2. The van der Waals surface area contributed by atoms with Crippen molar-refractivity contribution >= 4 is 5.97 Å². The minimum atomic E-state index is -0.914. The van der Waals surface area contributed by atoms with Crippen LogP contribution in [0.4, 0.5) is 0 Å². The summed E-state index contributed by atoms with van der Waals surface area (Å²) >= 11 is 0. The Bertz CT molecular complexity index is 535. The molecule has 0 radical (unpaired) electrons. The zero-order valence-corrected chi connectivity index (χ0v) is 8.84. The Morgan fingerprint density at radius 3 is 2.69 bits per heavy atom. The van der Waals surface area contributed by atoms with Crippen LogP contribution in [-0.4, -0.2) is 16.1 Å². The molecule has 3 nitrogen and oxygen atoms in total. The number of carboxylic acids is 1. The molecule has 3 heteroatoms. The van der Waals surface area contributed by atoms with Crippen molar-refractivity contribution in [3.63, 3.8) is 0 Å². The highest BCUT2D eigenvalue weighted by atomic mass is 16.4. The van der Waals surface area contributed by atoms with E-state index in [4.69, 9.17) is 5.11 Å². The highest BCUT2D eigenvalue weighted by Gasteiger charge is 2.04. The number of nitrogens with zero attached hydrogens (tertiary/aromatic N) is 1. The summed E-state index contributed by atoms with van der Waals surface area (Å²) in [4.78, 5) is 14.9. The third-order valence-electron chi connectivity index (χ3n) is 2.32. The van der Waals surface area contributed by atoms with Gasteiger partial charge in [-0.2, -0.15) is 0 Å². The van der Waals surface area contributed by atoms with Crippen molar-refractivity contribution < 1.29 is 9.90 Å². The maximum atomic E-state index is 10.8. The molecular weight excluding hydrogens is 202 g/mol. The second-order valence-electron chi connectivity index (χ2n) is 3.64. The number of carboxylic acid groups (broad SMARTS) is 1. The molecule has 16 heavy (non-hydrogen) atoms. The summed E-state index contributed by atoms with van der Waals surface area (Å²) in [5.41, 5.74) is 3.15. The summed E-state index contributed by atoms with van der Waals surface area (Å²) in [5.74, 6) is -0.914. The van der Waals surface area contributed by atoms with Crippen molar-refractivity contribution in [2.45, 2.75) is 6.92 Å². The first-order valence-corrected chi connectivity index (χ1v) is 4.92. The monoisotopic (exact) mass is 213 g/mol. The fraction of sp³-hybridized carbons (Fsp3) is 0.0769. The first kappa shape index (κ1) is 10.4. The Kier molecular flexibility index (Phi) is 2.68. The molecule has 0 bridgehead atoms. The van der Waals surface area contributed by atoms with E-state index in [0.29, 0.717) is 5.56 Å². The zero-order chi connectivity index (χ0) is 11.5. The van der Waals surface area contributed by atoms with Crippen molar-refractivity contribution in [1.82, 2.24) is 4.98 Å². The number of aromatic carboxylic acids is 1. The van der Waals surface area contributed by atoms with Gasteiger partial charge in [0.05, 0.1) is 5.56 Å². The molecule has 2 aromatic rings. The molecule has 0 atom stereocenters.